The molecule has 1 saturated heterocycles. The Hall–Kier alpha value is -1.62. The highest BCUT2D eigenvalue weighted by atomic mass is 35.5. The standard InChI is InChI=1S/C13H16ClN3O2/c1-9-6-11(14)10(7-15-9)13(19)17-5-3-4-16(2)12(18)8-17/h6-7H,3-5,8H2,1-2H3. The Kier molecular flexibility index (Phi) is 4.04. The molecule has 0 aromatic carbocycles. The monoisotopic (exact) mass is 281 g/mol. The van der Waals surface area contributed by atoms with Crippen LogP contribution in [-0.4, -0.2) is 53.3 Å². The molecule has 0 bridgehead atoms. The molecule has 102 valence electrons. The highest BCUT2D eigenvalue weighted by Crippen LogP contribution is 2.18. The number of rotatable bonds is 1. The molecule has 5 nitrogen and oxygen atoms in total. The Balaban J connectivity index is 2.21. The smallest absolute Gasteiger partial charge is 0.257 e. The van der Waals surface area contributed by atoms with Gasteiger partial charge < -0.3 is 9.80 Å². The van der Waals surface area contributed by atoms with E-state index in [0.717, 1.165) is 12.1 Å². The zero-order valence-corrected chi connectivity index (χ0v) is 11.8. The fraction of sp³-hybridized carbons (Fsp3) is 0.462. The average Bonchev–Trinajstić information content (AvgIpc) is 2.51. The van der Waals surface area contributed by atoms with Crippen molar-refractivity contribution in [1.29, 1.82) is 0 Å². The molecule has 2 heterocycles. The largest absolute Gasteiger partial charge is 0.344 e. The van der Waals surface area contributed by atoms with E-state index in [2.05, 4.69) is 4.98 Å². The fourth-order valence-corrected chi connectivity index (χ4v) is 2.30. The van der Waals surface area contributed by atoms with Crippen molar-refractivity contribution in [3.05, 3.63) is 28.5 Å². The van der Waals surface area contributed by atoms with Crippen molar-refractivity contribution in [2.45, 2.75) is 13.3 Å². The maximum absolute atomic E-state index is 12.4. The normalized spacial score (nSPS) is 16.5. The van der Waals surface area contributed by atoms with Gasteiger partial charge in [0, 0.05) is 32.0 Å². The Morgan fingerprint density at radius 1 is 1.42 bits per heavy atom. The van der Waals surface area contributed by atoms with Gasteiger partial charge in [-0.05, 0) is 19.4 Å². The van der Waals surface area contributed by atoms with E-state index >= 15 is 0 Å². The topological polar surface area (TPSA) is 53.5 Å². The Bertz CT molecular complexity index is 519. The molecular weight excluding hydrogens is 266 g/mol. The summed E-state index contributed by atoms with van der Waals surface area (Å²) in [4.78, 5) is 31.4. The van der Waals surface area contributed by atoms with Gasteiger partial charge in [-0.2, -0.15) is 0 Å². The van der Waals surface area contributed by atoms with Crippen LogP contribution in [0, 0.1) is 6.92 Å². The van der Waals surface area contributed by atoms with Gasteiger partial charge in [-0.1, -0.05) is 11.6 Å². The van der Waals surface area contributed by atoms with Crippen molar-refractivity contribution in [3.8, 4) is 0 Å². The third-order valence-electron chi connectivity index (χ3n) is 3.18. The summed E-state index contributed by atoms with van der Waals surface area (Å²) < 4.78 is 0. The summed E-state index contributed by atoms with van der Waals surface area (Å²) >= 11 is 6.07. The number of likely N-dealkylation sites (N-methyl/N-ethyl adjacent to an activating group) is 1. The van der Waals surface area contributed by atoms with Crippen LogP contribution in [0.4, 0.5) is 0 Å². The fourth-order valence-electron chi connectivity index (χ4n) is 2.01. The number of nitrogens with zero attached hydrogens (tertiary/aromatic N) is 3. The second kappa shape index (κ2) is 5.57. The number of carbonyl (C=O) groups excluding carboxylic acids is 2. The van der Waals surface area contributed by atoms with Crippen molar-refractivity contribution >= 4 is 23.4 Å². The van der Waals surface area contributed by atoms with Gasteiger partial charge in [0.25, 0.3) is 5.91 Å². The third kappa shape index (κ3) is 3.04. The van der Waals surface area contributed by atoms with Crippen LogP contribution in [-0.2, 0) is 4.79 Å². The number of halogens is 1. The zero-order valence-electron chi connectivity index (χ0n) is 11.0. The second-order valence-corrected chi connectivity index (χ2v) is 5.11. The minimum absolute atomic E-state index is 0.0537. The summed E-state index contributed by atoms with van der Waals surface area (Å²) in [5.74, 6) is -0.289. The van der Waals surface area contributed by atoms with Crippen molar-refractivity contribution in [2.75, 3.05) is 26.7 Å². The molecule has 0 unspecified atom stereocenters. The van der Waals surface area contributed by atoms with E-state index in [4.69, 9.17) is 11.6 Å². The molecule has 19 heavy (non-hydrogen) atoms. The third-order valence-corrected chi connectivity index (χ3v) is 3.49. The van der Waals surface area contributed by atoms with Crippen LogP contribution >= 0.6 is 11.6 Å². The van der Waals surface area contributed by atoms with Gasteiger partial charge in [-0.15, -0.1) is 0 Å². The van der Waals surface area contributed by atoms with E-state index in [1.165, 1.54) is 11.1 Å². The molecule has 1 aliphatic rings. The van der Waals surface area contributed by atoms with Crippen LogP contribution in [0.5, 0.6) is 0 Å². The van der Waals surface area contributed by atoms with Gasteiger partial charge in [0.15, 0.2) is 0 Å². The second-order valence-electron chi connectivity index (χ2n) is 4.70. The molecule has 1 aliphatic heterocycles. The van der Waals surface area contributed by atoms with Crippen LogP contribution in [0.15, 0.2) is 12.3 Å². The molecule has 0 atom stereocenters. The van der Waals surface area contributed by atoms with E-state index in [0.29, 0.717) is 23.7 Å². The average molecular weight is 282 g/mol. The van der Waals surface area contributed by atoms with Crippen molar-refractivity contribution in [1.82, 2.24) is 14.8 Å². The molecule has 0 N–H and O–H groups in total. The predicted molar refractivity (Wildman–Crippen MR) is 72.1 cm³/mol. The molecule has 1 aromatic heterocycles. The summed E-state index contributed by atoms with van der Waals surface area (Å²) in [5.41, 5.74) is 1.11. The van der Waals surface area contributed by atoms with Crippen LogP contribution in [0.1, 0.15) is 22.5 Å². The lowest BCUT2D eigenvalue weighted by atomic mass is 10.2. The van der Waals surface area contributed by atoms with Gasteiger partial charge in [0.1, 0.15) is 6.54 Å². The maximum atomic E-state index is 12.4. The maximum Gasteiger partial charge on any atom is 0.257 e. The lowest BCUT2D eigenvalue weighted by Crippen LogP contribution is -2.38. The van der Waals surface area contributed by atoms with Crippen LogP contribution < -0.4 is 0 Å². The summed E-state index contributed by atoms with van der Waals surface area (Å²) in [7, 11) is 1.75. The Labute approximate surface area is 117 Å². The van der Waals surface area contributed by atoms with Gasteiger partial charge in [-0.25, -0.2) is 0 Å². The first-order chi connectivity index (χ1) is 8.99. The minimum Gasteiger partial charge on any atom is -0.344 e. The Morgan fingerprint density at radius 2 is 2.16 bits per heavy atom. The quantitative estimate of drug-likeness (QED) is 0.781. The number of carbonyl (C=O) groups is 2. The van der Waals surface area contributed by atoms with E-state index in [-0.39, 0.29) is 18.4 Å². The van der Waals surface area contributed by atoms with E-state index < -0.39 is 0 Å². The minimum atomic E-state index is -0.235. The first-order valence-corrected chi connectivity index (χ1v) is 6.52. The summed E-state index contributed by atoms with van der Waals surface area (Å²) in [5, 5.41) is 0.377. The number of hydrogen-bond donors (Lipinski definition) is 0. The van der Waals surface area contributed by atoms with Gasteiger partial charge in [0.2, 0.25) is 5.91 Å². The van der Waals surface area contributed by atoms with Crippen molar-refractivity contribution in [3.63, 3.8) is 0 Å². The summed E-state index contributed by atoms with van der Waals surface area (Å²) in [6.07, 6.45) is 2.24. The molecule has 0 saturated carbocycles. The lowest BCUT2D eigenvalue weighted by Gasteiger charge is -2.20. The molecule has 2 amide bonds. The number of amides is 2. The lowest BCUT2D eigenvalue weighted by molar-refractivity contribution is -0.129. The molecule has 2 rings (SSSR count). The molecule has 0 spiro atoms. The molecule has 1 fully saturated rings. The SMILES string of the molecule is Cc1cc(Cl)c(C(=O)N2CCCN(C)C(=O)C2)cn1. The Morgan fingerprint density at radius 3 is 2.84 bits per heavy atom. The summed E-state index contributed by atoms with van der Waals surface area (Å²) in [6.45, 7) is 3.13. The predicted octanol–water partition coefficient (Wildman–Crippen LogP) is 1.35. The molecule has 6 heteroatoms. The number of aryl methyl sites for hydroxylation is 1. The molecular formula is C13H16ClN3O2. The van der Waals surface area contributed by atoms with E-state index in [1.807, 2.05) is 6.92 Å². The number of aromatic nitrogens is 1. The van der Waals surface area contributed by atoms with Crippen molar-refractivity contribution < 1.29 is 9.59 Å². The number of hydrogen-bond acceptors (Lipinski definition) is 3. The van der Waals surface area contributed by atoms with Crippen LogP contribution in [0.2, 0.25) is 5.02 Å². The summed E-state index contributed by atoms with van der Waals surface area (Å²) in [6, 6.07) is 1.65. The zero-order chi connectivity index (χ0) is 14.0. The van der Waals surface area contributed by atoms with Crippen LogP contribution in [0.3, 0.4) is 0 Å². The first kappa shape index (κ1) is 13.8. The first-order valence-electron chi connectivity index (χ1n) is 6.14. The van der Waals surface area contributed by atoms with Crippen LogP contribution in [0.25, 0.3) is 0 Å². The van der Waals surface area contributed by atoms with Gasteiger partial charge >= 0.3 is 0 Å². The van der Waals surface area contributed by atoms with E-state index in [1.54, 1.807) is 18.0 Å². The molecule has 0 aliphatic carbocycles. The van der Waals surface area contributed by atoms with Gasteiger partial charge in [0.05, 0.1) is 10.6 Å². The highest BCUT2D eigenvalue weighted by Gasteiger charge is 2.25. The molecule has 0 radical (unpaired) electrons. The highest BCUT2D eigenvalue weighted by molar-refractivity contribution is 6.33. The molecule has 1 aromatic rings. The van der Waals surface area contributed by atoms with Crippen molar-refractivity contribution in [2.24, 2.45) is 0 Å². The van der Waals surface area contributed by atoms with E-state index in [9.17, 15) is 9.59 Å². The number of pyridine rings is 1. The van der Waals surface area contributed by atoms with Gasteiger partial charge in [-0.3, -0.25) is 14.6 Å².